The molecule has 0 aliphatic carbocycles. The summed E-state index contributed by atoms with van der Waals surface area (Å²) in [7, 11) is 0. The number of aromatic nitrogens is 1. The Balaban J connectivity index is 1.58. The van der Waals surface area contributed by atoms with Crippen molar-refractivity contribution < 1.29 is 45.8 Å². The molecule has 1 amide bonds. The number of carbonyl (C=O) groups excluding carboxylic acids is 1. The highest BCUT2D eigenvalue weighted by Crippen LogP contribution is 2.42. The van der Waals surface area contributed by atoms with Crippen molar-refractivity contribution in [3.05, 3.63) is 116 Å². The van der Waals surface area contributed by atoms with Gasteiger partial charge in [-0.2, -0.15) is 13.2 Å². The van der Waals surface area contributed by atoms with Gasteiger partial charge in [0.2, 0.25) is 5.91 Å². The Bertz CT molecular complexity index is 2060. The molecule has 0 radical (unpaired) electrons. The van der Waals surface area contributed by atoms with Crippen molar-refractivity contribution in [3.8, 4) is 22.6 Å². The summed E-state index contributed by atoms with van der Waals surface area (Å²) in [5, 5.41) is 12.4. The second-order valence-corrected chi connectivity index (χ2v) is 12.6. The number of alkyl halides is 4. The summed E-state index contributed by atoms with van der Waals surface area (Å²) in [6, 6.07) is 7.23. The number of carboxylic acid groups (broad SMARTS) is 1. The fourth-order valence-electron chi connectivity index (χ4n) is 6.29. The van der Waals surface area contributed by atoms with Crippen LogP contribution in [0.1, 0.15) is 46.3 Å². The minimum atomic E-state index is -4.99. The van der Waals surface area contributed by atoms with Crippen molar-refractivity contribution in [3.63, 3.8) is 0 Å². The van der Waals surface area contributed by atoms with Crippen molar-refractivity contribution in [1.82, 2.24) is 14.8 Å². The lowest BCUT2D eigenvalue weighted by Gasteiger charge is -2.34. The van der Waals surface area contributed by atoms with Gasteiger partial charge in [0.05, 0.1) is 23.0 Å². The van der Waals surface area contributed by atoms with E-state index in [0.29, 0.717) is 10.1 Å². The zero-order valence-electron chi connectivity index (χ0n) is 26.2. The molecule has 8 nitrogen and oxygen atoms in total. The molecule has 3 heterocycles. The molecule has 4 bridgehead atoms. The number of nitrogens with zero attached hydrogens (tertiary/aromatic N) is 2. The quantitative estimate of drug-likeness (QED) is 0.208. The molecule has 4 aromatic rings. The van der Waals surface area contributed by atoms with Crippen molar-refractivity contribution in [1.29, 1.82) is 0 Å². The number of halogens is 7. The highest BCUT2D eigenvalue weighted by Gasteiger charge is 2.38. The third kappa shape index (κ3) is 6.94. The average molecular weight is 720 g/mol. The standard InChI is InChI=1S/C35H28ClF6N3O5/c1-17-9-19-10-23(32(17)39)27(13-30(47)48)43-34(49)33(22-11-21(5-6-26(22)38)50-28-4-2-3-25(36)31(19)28)45-14-18(7-8-44-15-20(37)16-44)24(12-29(45)46)35(40,41)42/h2-6,9-12,14,20,27,33H,7-8,13,15-16H2,1H3,(H,43,49)(H,47,48). The maximum atomic E-state index is 15.8. The van der Waals surface area contributed by atoms with E-state index in [1.807, 2.05) is 0 Å². The molecule has 2 unspecified atom stereocenters. The molecule has 2 atom stereocenters. The van der Waals surface area contributed by atoms with Gasteiger partial charge in [0.1, 0.15) is 35.3 Å². The van der Waals surface area contributed by atoms with E-state index < -0.39 is 76.6 Å². The molecule has 50 heavy (non-hydrogen) atoms. The predicted octanol–water partition coefficient (Wildman–Crippen LogP) is 7.00. The maximum absolute atomic E-state index is 15.8. The first kappa shape index (κ1) is 35.0. The van der Waals surface area contributed by atoms with E-state index in [4.69, 9.17) is 16.3 Å². The number of hydrogen-bond acceptors (Lipinski definition) is 5. The van der Waals surface area contributed by atoms with E-state index in [1.54, 1.807) is 11.0 Å². The third-order valence-corrected chi connectivity index (χ3v) is 9.03. The number of likely N-dealkylation sites (tertiary alicyclic amines) is 1. The zero-order chi connectivity index (χ0) is 36.1. The number of fused-ring (bicyclic) bond motifs is 6. The number of ether oxygens (including phenoxy) is 1. The minimum Gasteiger partial charge on any atom is -0.481 e. The van der Waals surface area contributed by atoms with Crippen LogP contribution in [-0.2, 0) is 22.2 Å². The summed E-state index contributed by atoms with van der Waals surface area (Å²) in [6.45, 7) is 1.44. The largest absolute Gasteiger partial charge is 0.481 e. The Morgan fingerprint density at radius 1 is 1.06 bits per heavy atom. The summed E-state index contributed by atoms with van der Waals surface area (Å²) in [6.07, 6.45) is -6.49. The van der Waals surface area contributed by atoms with E-state index in [0.717, 1.165) is 18.3 Å². The van der Waals surface area contributed by atoms with Crippen molar-refractivity contribution >= 4 is 23.5 Å². The smallest absolute Gasteiger partial charge is 0.416 e. The first-order chi connectivity index (χ1) is 23.6. The lowest BCUT2D eigenvalue weighted by molar-refractivity contribution is -0.139. The van der Waals surface area contributed by atoms with Crippen LogP contribution in [-0.4, -0.2) is 52.3 Å². The molecule has 2 aliphatic heterocycles. The fourth-order valence-corrected chi connectivity index (χ4v) is 6.57. The number of benzene rings is 3. The molecule has 15 heteroatoms. The van der Waals surface area contributed by atoms with E-state index in [-0.39, 0.29) is 65.3 Å². The van der Waals surface area contributed by atoms with E-state index in [1.165, 1.54) is 37.3 Å². The van der Waals surface area contributed by atoms with Crippen LogP contribution in [0.5, 0.6) is 11.5 Å². The van der Waals surface area contributed by atoms with Gasteiger partial charge in [0.25, 0.3) is 5.56 Å². The summed E-state index contributed by atoms with van der Waals surface area (Å²) in [5.41, 5.74) is -3.23. The first-order valence-electron chi connectivity index (χ1n) is 15.4. The molecule has 6 rings (SSSR count). The highest BCUT2D eigenvalue weighted by molar-refractivity contribution is 6.33. The Morgan fingerprint density at radius 3 is 2.48 bits per heavy atom. The molecule has 1 aromatic heterocycles. The first-order valence-corrected chi connectivity index (χ1v) is 15.8. The van der Waals surface area contributed by atoms with Gasteiger partial charge < -0.3 is 15.2 Å². The molecule has 3 aromatic carbocycles. The van der Waals surface area contributed by atoms with Gasteiger partial charge in [0.15, 0.2) is 0 Å². The molecule has 1 fully saturated rings. The number of pyridine rings is 1. The minimum absolute atomic E-state index is 0.00608. The third-order valence-electron chi connectivity index (χ3n) is 8.71. The monoisotopic (exact) mass is 719 g/mol. The molecule has 0 saturated carbocycles. The topological polar surface area (TPSA) is 101 Å². The molecular weight excluding hydrogens is 692 g/mol. The molecule has 0 spiro atoms. The zero-order valence-corrected chi connectivity index (χ0v) is 26.9. The number of nitrogens with one attached hydrogen (secondary N) is 1. The molecular formula is C35H28ClF6N3O5. The lowest BCUT2D eigenvalue weighted by Crippen LogP contribution is -2.49. The van der Waals surface area contributed by atoms with Gasteiger partial charge in [-0.3, -0.25) is 23.9 Å². The lowest BCUT2D eigenvalue weighted by atomic mass is 9.93. The number of hydrogen-bond donors (Lipinski definition) is 2. The van der Waals surface area contributed by atoms with E-state index in [9.17, 15) is 37.1 Å². The summed E-state index contributed by atoms with van der Waals surface area (Å²) in [5.74, 6) is -4.54. The number of aryl methyl sites for hydroxylation is 1. The summed E-state index contributed by atoms with van der Waals surface area (Å²) < 4.78 is 94.2. The van der Waals surface area contributed by atoms with Crippen LogP contribution >= 0.6 is 11.6 Å². The number of amides is 1. The maximum Gasteiger partial charge on any atom is 0.416 e. The summed E-state index contributed by atoms with van der Waals surface area (Å²) in [4.78, 5) is 41.3. The molecule has 2 N–H and O–H groups in total. The van der Waals surface area contributed by atoms with Crippen LogP contribution in [0.25, 0.3) is 11.1 Å². The van der Waals surface area contributed by atoms with Gasteiger partial charge in [-0.1, -0.05) is 17.7 Å². The normalized spacial score (nSPS) is 18.1. The van der Waals surface area contributed by atoms with Crippen molar-refractivity contribution in [2.24, 2.45) is 0 Å². The fraction of sp³-hybridized carbons (Fsp3) is 0.286. The van der Waals surface area contributed by atoms with E-state index >= 15 is 8.78 Å². The van der Waals surface area contributed by atoms with Gasteiger partial charge >= 0.3 is 12.1 Å². The summed E-state index contributed by atoms with van der Waals surface area (Å²) >= 11 is 6.57. The Labute approximate surface area is 285 Å². The average Bonchev–Trinajstić information content (AvgIpc) is 3.02. The van der Waals surface area contributed by atoms with Gasteiger partial charge in [-0.25, -0.2) is 13.2 Å². The Kier molecular flexibility index (Phi) is 9.44. The van der Waals surface area contributed by atoms with Crippen molar-refractivity contribution in [2.45, 2.75) is 44.2 Å². The molecule has 2 aliphatic rings. The second-order valence-electron chi connectivity index (χ2n) is 12.2. The Hall–Kier alpha value is -4.82. The number of aliphatic carboxylic acids is 1. The van der Waals surface area contributed by atoms with Crippen LogP contribution in [0.15, 0.2) is 65.6 Å². The van der Waals surface area contributed by atoms with Crippen LogP contribution < -0.4 is 15.6 Å². The SMILES string of the molecule is Cc1cc2cc(c1F)C(CC(=O)O)NC(=O)C(n1cc(CCN3CC(F)C3)c(C(F)(F)F)cc1=O)c1cc(ccc1F)Oc1cccc(Cl)c1-2. The predicted molar refractivity (Wildman–Crippen MR) is 170 cm³/mol. The second kappa shape index (κ2) is 13.5. The number of carbonyl (C=O) groups is 2. The highest BCUT2D eigenvalue weighted by atomic mass is 35.5. The van der Waals surface area contributed by atoms with Gasteiger partial charge in [0, 0.05) is 48.6 Å². The number of carboxylic acids is 1. The van der Waals surface area contributed by atoms with Gasteiger partial charge in [-0.15, -0.1) is 0 Å². The van der Waals surface area contributed by atoms with Crippen LogP contribution in [0, 0.1) is 18.6 Å². The molecule has 1 saturated heterocycles. The van der Waals surface area contributed by atoms with Crippen LogP contribution in [0.2, 0.25) is 5.02 Å². The Morgan fingerprint density at radius 2 is 1.80 bits per heavy atom. The number of rotatable bonds is 6. The van der Waals surface area contributed by atoms with Gasteiger partial charge in [-0.05, 0) is 72.5 Å². The van der Waals surface area contributed by atoms with E-state index in [2.05, 4.69) is 5.32 Å². The molecule has 262 valence electrons. The van der Waals surface area contributed by atoms with Crippen LogP contribution in [0.3, 0.4) is 0 Å². The van der Waals surface area contributed by atoms with Crippen LogP contribution in [0.4, 0.5) is 26.3 Å². The van der Waals surface area contributed by atoms with Crippen molar-refractivity contribution in [2.75, 3.05) is 19.6 Å².